The van der Waals surface area contributed by atoms with E-state index in [1.54, 1.807) is 0 Å². The van der Waals surface area contributed by atoms with Gasteiger partial charge in [-0.2, -0.15) is 0 Å². The van der Waals surface area contributed by atoms with Gasteiger partial charge < -0.3 is 4.98 Å². The Bertz CT molecular complexity index is 976. The predicted octanol–water partition coefficient (Wildman–Crippen LogP) is 2.53. The van der Waals surface area contributed by atoms with Crippen molar-refractivity contribution in [1.82, 2.24) is 4.98 Å². The fourth-order valence-electron chi connectivity index (χ4n) is 1.86. The van der Waals surface area contributed by atoms with Crippen LogP contribution in [0.4, 0.5) is 10.1 Å². The van der Waals surface area contributed by atoms with Crippen molar-refractivity contribution < 1.29 is 12.8 Å². The maximum Gasteiger partial charge on any atom is 0.305 e. The fourth-order valence-corrected chi connectivity index (χ4v) is 3.78. The van der Waals surface area contributed by atoms with Gasteiger partial charge in [-0.25, -0.2) is 12.8 Å². The van der Waals surface area contributed by atoms with E-state index in [1.807, 2.05) is 0 Å². The largest absolute Gasteiger partial charge is 0.312 e. The van der Waals surface area contributed by atoms with Gasteiger partial charge in [0.2, 0.25) is 0 Å². The molecule has 0 unspecified atom stereocenters. The van der Waals surface area contributed by atoms with Gasteiger partial charge in [0, 0.05) is 0 Å². The molecule has 2 N–H and O–H groups in total. The zero-order valence-corrected chi connectivity index (χ0v) is 12.1. The fraction of sp³-hybridized carbons (Fsp3) is 0. The van der Waals surface area contributed by atoms with Crippen LogP contribution in [-0.2, 0) is 10.0 Å². The molecule has 2 aromatic carbocycles. The molecule has 0 amide bonds. The summed E-state index contributed by atoms with van der Waals surface area (Å²) in [7, 11) is -3.84. The maximum atomic E-state index is 13.1. The Morgan fingerprint density at radius 2 is 1.95 bits per heavy atom. The van der Waals surface area contributed by atoms with E-state index >= 15 is 0 Å². The summed E-state index contributed by atoms with van der Waals surface area (Å²) >= 11 is 0.928. The molecule has 3 aromatic rings. The number of aromatic nitrogens is 1. The molecule has 1 aromatic heterocycles. The lowest BCUT2D eigenvalue weighted by atomic mass is 10.3. The third-order valence-corrected chi connectivity index (χ3v) is 5.00. The second kappa shape index (κ2) is 4.97. The number of benzene rings is 2. The van der Waals surface area contributed by atoms with E-state index in [0.717, 1.165) is 17.4 Å². The highest BCUT2D eigenvalue weighted by molar-refractivity contribution is 7.92. The first-order valence-electron chi connectivity index (χ1n) is 5.85. The Morgan fingerprint density at radius 1 is 1.14 bits per heavy atom. The predicted molar refractivity (Wildman–Crippen MR) is 79.7 cm³/mol. The molecule has 0 saturated carbocycles. The van der Waals surface area contributed by atoms with E-state index in [2.05, 4.69) is 9.71 Å². The average Bonchev–Trinajstić information content (AvgIpc) is 2.77. The Hall–Kier alpha value is -2.19. The molecule has 5 nitrogen and oxygen atoms in total. The van der Waals surface area contributed by atoms with Crippen LogP contribution < -0.4 is 9.60 Å². The lowest BCUT2D eigenvalue weighted by Crippen LogP contribution is -2.12. The summed E-state index contributed by atoms with van der Waals surface area (Å²) in [4.78, 5) is 13.6. The quantitative estimate of drug-likeness (QED) is 0.777. The topological polar surface area (TPSA) is 79.0 Å². The van der Waals surface area contributed by atoms with Crippen molar-refractivity contribution in [2.45, 2.75) is 4.90 Å². The van der Waals surface area contributed by atoms with Gasteiger partial charge in [0.15, 0.2) is 0 Å². The molecule has 0 aliphatic rings. The van der Waals surface area contributed by atoms with Gasteiger partial charge >= 0.3 is 4.87 Å². The average molecular weight is 324 g/mol. The summed E-state index contributed by atoms with van der Waals surface area (Å²) in [5.41, 5.74) is 0.715. The number of hydrogen-bond donors (Lipinski definition) is 2. The van der Waals surface area contributed by atoms with E-state index in [-0.39, 0.29) is 15.5 Å². The maximum absolute atomic E-state index is 13.1. The van der Waals surface area contributed by atoms with Gasteiger partial charge in [-0.3, -0.25) is 9.52 Å². The Labute approximate surface area is 123 Å². The summed E-state index contributed by atoms with van der Waals surface area (Å²) in [6.07, 6.45) is 0. The van der Waals surface area contributed by atoms with Crippen molar-refractivity contribution in [2.75, 3.05) is 4.72 Å². The minimum Gasteiger partial charge on any atom is -0.312 e. The number of halogens is 1. The van der Waals surface area contributed by atoms with Crippen LogP contribution in [0.2, 0.25) is 0 Å². The van der Waals surface area contributed by atoms with Crippen molar-refractivity contribution in [3.8, 4) is 0 Å². The number of aromatic amines is 1. The molecule has 3 rings (SSSR count). The van der Waals surface area contributed by atoms with Gasteiger partial charge in [0.1, 0.15) is 5.82 Å². The zero-order valence-electron chi connectivity index (χ0n) is 10.5. The molecule has 0 radical (unpaired) electrons. The lowest BCUT2D eigenvalue weighted by molar-refractivity contribution is 0.601. The number of thiazole rings is 1. The number of anilines is 1. The number of sulfonamides is 1. The van der Waals surface area contributed by atoms with Crippen LogP contribution in [0.1, 0.15) is 0 Å². The molecule has 0 saturated heterocycles. The molecule has 0 aliphatic heterocycles. The monoisotopic (exact) mass is 324 g/mol. The number of rotatable bonds is 3. The van der Waals surface area contributed by atoms with Gasteiger partial charge in [-0.15, -0.1) is 0 Å². The first kappa shape index (κ1) is 13.8. The molecular formula is C13H9FN2O3S2. The van der Waals surface area contributed by atoms with Crippen LogP contribution in [0, 0.1) is 5.82 Å². The van der Waals surface area contributed by atoms with E-state index in [4.69, 9.17) is 0 Å². The van der Waals surface area contributed by atoms with Gasteiger partial charge in [-0.1, -0.05) is 17.4 Å². The number of nitrogens with one attached hydrogen (secondary N) is 2. The molecule has 21 heavy (non-hydrogen) atoms. The van der Waals surface area contributed by atoms with Crippen LogP contribution in [0.25, 0.3) is 10.2 Å². The Kier molecular flexibility index (Phi) is 3.26. The summed E-state index contributed by atoms with van der Waals surface area (Å²) in [6, 6.07) is 9.48. The van der Waals surface area contributed by atoms with Crippen molar-refractivity contribution >= 4 is 37.3 Å². The van der Waals surface area contributed by atoms with Crippen LogP contribution >= 0.6 is 11.3 Å². The molecule has 0 aliphatic carbocycles. The van der Waals surface area contributed by atoms with Crippen molar-refractivity contribution in [3.63, 3.8) is 0 Å². The van der Waals surface area contributed by atoms with Crippen molar-refractivity contribution in [3.05, 3.63) is 57.9 Å². The molecular weight excluding hydrogens is 315 g/mol. The number of H-pyrrole nitrogens is 1. The molecule has 0 bridgehead atoms. The third-order valence-electron chi connectivity index (χ3n) is 2.78. The first-order valence-corrected chi connectivity index (χ1v) is 8.15. The van der Waals surface area contributed by atoms with E-state index < -0.39 is 15.8 Å². The summed E-state index contributed by atoms with van der Waals surface area (Å²) in [5, 5.41) is 0. The lowest BCUT2D eigenvalue weighted by Gasteiger charge is -2.08. The molecule has 1 heterocycles. The third kappa shape index (κ3) is 2.81. The molecule has 108 valence electrons. The van der Waals surface area contributed by atoms with Gasteiger partial charge in [0.05, 0.1) is 20.8 Å². The SMILES string of the molecule is O=c1[nH]c2ccc(S(=O)(=O)Nc3cccc(F)c3)cc2s1. The Morgan fingerprint density at radius 3 is 2.71 bits per heavy atom. The highest BCUT2D eigenvalue weighted by Crippen LogP contribution is 2.22. The first-order chi connectivity index (χ1) is 9.94. The number of hydrogen-bond acceptors (Lipinski definition) is 4. The van der Waals surface area contributed by atoms with E-state index in [9.17, 15) is 17.6 Å². The minimum absolute atomic E-state index is 0.00881. The minimum atomic E-state index is -3.84. The normalized spacial score (nSPS) is 11.7. The second-order valence-corrected chi connectivity index (χ2v) is 6.99. The van der Waals surface area contributed by atoms with Crippen LogP contribution in [0.5, 0.6) is 0 Å². The van der Waals surface area contributed by atoms with Crippen molar-refractivity contribution in [1.29, 1.82) is 0 Å². The van der Waals surface area contributed by atoms with Gasteiger partial charge in [-0.05, 0) is 36.4 Å². The number of fused-ring (bicyclic) bond motifs is 1. The Balaban J connectivity index is 2.01. The van der Waals surface area contributed by atoms with Crippen LogP contribution in [-0.4, -0.2) is 13.4 Å². The zero-order chi connectivity index (χ0) is 15.0. The van der Waals surface area contributed by atoms with Crippen molar-refractivity contribution in [2.24, 2.45) is 0 Å². The summed E-state index contributed by atoms with van der Waals surface area (Å²) in [6.45, 7) is 0. The molecule has 0 spiro atoms. The van der Waals surface area contributed by atoms with E-state index in [0.29, 0.717) is 10.2 Å². The summed E-state index contributed by atoms with van der Waals surface area (Å²) in [5.74, 6) is -0.533. The smallest absolute Gasteiger partial charge is 0.305 e. The van der Waals surface area contributed by atoms with Crippen LogP contribution in [0.3, 0.4) is 0 Å². The standard InChI is InChI=1S/C13H9FN2O3S2/c14-8-2-1-3-9(6-8)16-21(18,19)10-4-5-11-12(7-10)20-13(17)15-11/h1-7,16H,(H,15,17). The molecule has 0 fully saturated rings. The molecule has 8 heteroatoms. The van der Waals surface area contributed by atoms with Gasteiger partial charge in [0.25, 0.3) is 10.0 Å². The second-order valence-electron chi connectivity index (χ2n) is 4.29. The van der Waals surface area contributed by atoms with E-state index in [1.165, 1.54) is 36.4 Å². The summed E-state index contributed by atoms with van der Waals surface area (Å²) < 4.78 is 40.4. The highest BCUT2D eigenvalue weighted by Gasteiger charge is 2.15. The van der Waals surface area contributed by atoms with Crippen LogP contribution in [0.15, 0.2) is 52.2 Å². The highest BCUT2D eigenvalue weighted by atomic mass is 32.2. The molecule has 0 atom stereocenters.